The van der Waals surface area contributed by atoms with Crippen molar-refractivity contribution < 1.29 is 9.13 Å². The predicted octanol–water partition coefficient (Wildman–Crippen LogP) is 0.968. The van der Waals surface area contributed by atoms with Crippen LogP contribution in [0.25, 0.3) is 0 Å². The van der Waals surface area contributed by atoms with Crippen LogP contribution in [0.2, 0.25) is 0 Å². The van der Waals surface area contributed by atoms with Gasteiger partial charge in [-0.3, -0.25) is 5.41 Å². The van der Waals surface area contributed by atoms with Gasteiger partial charge in [0.15, 0.2) is 0 Å². The highest BCUT2D eigenvalue weighted by molar-refractivity contribution is 5.75. The fourth-order valence-electron chi connectivity index (χ4n) is 0.103. The molecule has 0 aromatic rings. The molecule has 0 unspecified atom stereocenters. The van der Waals surface area contributed by atoms with Crippen molar-refractivity contribution in [2.24, 2.45) is 0 Å². The van der Waals surface area contributed by atoms with E-state index in [9.17, 15) is 4.39 Å². The van der Waals surface area contributed by atoms with Crippen LogP contribution >= 0.6 is 0 Å². The van der Waals surface area contributed by atoms with E-state index < -0.39 is 12.1 Å². The highest BCUT2D eigenvalue weighted by atomic mass is 19.1. The van der Waals surface area contributed by atoms with Gasteiger partial charge in [0.2, 0.25) is 5.97 Å². The second-order valence-corrected chi connectivity index (χ2v) is 1.23. The van der Waals surface area contributed by atoms with Crippen molar-refractivity contribution in [1.29, 1.82) is 5.41 Å². The van der Waals surface area contributed by atoms with Crippen LogP contribution in [0.5, 0.6) is 0 Å². The molecule has 0 aromatic heterocycles. The molecule has 0 saturated carbocycles. The van der Waals surface area contributed by atoms with Gasteiger partial charge < -0.3 is 4.74 Å². The molecule has 0 fully saturated rings. The monoisotopic (exact) mass is 105 g/mol. The zero-order chi connectivity index (χ0) is 5.86. The van der Waals surface area contributed by atoms with Gasteiger partial charge in [0.25, 0.3) is 0 Å². The van der Waals surface area contributed by atoms with E-state index in [0.717, 1.165) is 0 Å². The van der Waals surface area contributed by atoms with E-state index in [1.165, 1.54) is 14.0 Å². The Morgan fingerprint density at radius 3 is 2.29 bits per heavy atom. The van der Waals surface area contributed by atoms with Gasteiger partial charge in [0, 0.05) is 7.11 Å². The third-order valence-electron chi connectivity index (χ3n) is 0.710. The molecule has 0 bridgehead atoms. The molecule has 0 aliphatic heterocycles. The molecule has 3 heteroatoms. The number of ether oxygens (including phenoxy) is 1. The van der Waals surface area contributed by atoms with Gasteiger partial charge >= 0.3 is 0 Å². The topological polar surface area (TPSA) is 33.1 Å². The smallest absolute Gasteiger partial charge is 0.210 e. The molecular formula is C4H8FNO. The lowest BCUT2D eigenvalue weighted by Gasteiger charge is -2.00. The number of nitrogens with one attached hydrogen (secondary N) is 1. The summed E-state index contributed by atoms with van der Waals surface area (Å²) >= 11 is 0. The van der Waals surface area contributed by atoms with Crippen LogP contribution in [-0.4, -0.2) is 19.2 Å². The van der Waals surface area contributed by atoms with Gasteiger partial charge in [-0.25, -0.2) is 0 Å². The minimum absolute atomic E-state index is 0.681. The molecule has 0 aliphatic carbocycles. The average Bonchev–Trinajstić information content (AvgIpc) is 1.65. The Hall–Kier alpha value is -0.440. The first-order chi connectivity index (χ1) is 3.18. The summed E-state index contributed by atoms with van der Waals surface area (Å²) in [7, 11) is 1.36. The van der Waals surface area contributed by atoms with Crippen LogP contribution in [0.1, 0.15) is 6.92 Å². The lowest BCUT2D eigenvalue weighted by molar-refractivity contribution is 0.161. The van der Waals surface area contributed by atoms with Crippen molar-refractivity contribution in [2.75, 3.05) is 7.11 Å². The number of hydrogen-bond donors (Lipinski definition) is 1. The molecule has 0 rings (SSSR count). The van der Waals surface area contributed by atoms with Crippen molar-refractivity contribution in [1.82, 2.24) is 0 Å². The molecule has 0 saturated heterocycles. The van der Waals surface area contributed by atoms with Crippen molar-refractivity contribution in [2.45, 2.75) is 13.0 Å². The van der Waals surface area contributed by atoms with Crippen molar-refractivity contribution in [3.63, 3.8) is 0 Å². The van der Waals surface area contributed by atoms with Crippen LogP contribution in [0.4, 0.5) is 4.39 Å². The van der Waals surface area contributed by atoms with E-state index in [-0.39, 0.29) is 0 Å². The lowest BCUT2D eigenvalue weighted by atomic mass is 10.4. The van der Waals surface area contributed by atoms with E-state index in [1.54, 1.807) is 0 Å². The zero-order valence-electron chi connectivity index (χ0n) is 4.36. The van der Waals surface area contributed by atoms with Gasteiger partial charge in [0.1, 0.15) is 6.10 Å². The van der Waals surface area contributed by atoms with Gasteiger partial charge in [-0.15, -0.1) is 0 Å². The highest BCUT2D eigenvalue weighted by Crippen LogP contribution is 1.89. The van der Waals surface area contributed by atoms with Crippen molar-refractivity contribution >= 4 is 5.97 Å². The second kappa shape index (κ2) is 2.69. The Kier molecular flexibility index (Phi) is 2.52. The summed E-state index contributed by atoms with van der Waals surface area (Å²) in [6.07, 6.45) is -0.681. The summed E-state index contributed by atoms with van der Waals surface area (Å²) in [5, 5.41) is 6.31. The van der Waals surface area contributed by atoms with Crippen LogP contribution in [0, 0.1) is 5.41 Å². The number of methoxy groups -OCH3 is 1. The quantitative estimate of drug-likeness (QED) is 0.521. The number of halogens is 1. The third kappa shape index (κ3) is 2.28. The Bertz CT molecular complexity index is 74.1. The van der Waals surface area contributed by atoms with Crippen molar-refractivity contribution in [3.05, 3.63) is 0 Å². The second-order valence-electron chi connectivity index (χ2n) is 1.23. The number of hydrogen-bond acceptors (Lipinski definition) is 2. The molecule has 1 N–H and O–H groups in total. The standard InChI is InChI=1S/C4H8FNO/c1-3(7-2)4(5)6/h3,6H,1-2H3/t3-/m0/s1. The molecule has 0 aliphatic rings. The molecule has 2 nitrogen and oxygen atoms in total. The molecule has 0 heterocycles. The molecule has 0 radical (unpaired) electrons. The van der Waals surface area contributed by atoms with E-state index in [1.807, 2.05) is 0 Å². The van der Waals surface area contributed by atoms with E-state index in [4.69, 9.17) is 5.41 Å². The summed E-state index contributed by atoms with van der Waals surface area (Å²) in [6.45, 7) is 1.47. The molecule has 0 amide bonds. The first-order valence-corrected chi connectivity index (χ1v) is 1.95. The molecule has 42 valence electrons. The van der Waals surface area contributed by atoms with E-state index in [2.05, 4.69) is 4.74 Å². The van der Waals surface area contributed by atoms with Gasteiger partial charge in [-0.2, -0.15) is 4.39 Å². The van der Waals surface area contributed by atoms with Gasteiger partial charge in [-0.1, -0.05) is 0 Å². The predicted molar refractivity (Wildman–Crippen MR) is 25.3 cm³/mol. The molecule has 1 atom stereocenters. The highest BCUT2D eigenvalue weighted by Gasteiger charge is 2.02. The Morgan fingerprint density at radius 1 is 1.86 bits per heavy atom. The van der Waals surface area contributed by atoms with Crippen LogP contribution in [0.3, 0.4) is 0 Å². The fourth-order valence-corrected chi connectivity index (χ4v) is 0.103. The van der Waals surface area contributed by atoms with Gasteiger partial charge in [0.05, 0.1) is 0 Å². The SMILES string of the molecule is CO[C@@H](C)C(=N)F. The minimum Gasteiger partial charge on any atom is -0.373 e. The summed E-state index contributed by atoms with van der Waals surface area (Å²) < 4.78 is 16.0. The molecule has 0 spiro atoms. The first kappa shape index (κ1) is 6.56. The largest absolute Gasteiger partial charge is 0.373 e. The van der Waals surface area contributed by atoms with E-state index in [0.29, 0.717) is 0 Å². The maximum atomic E-state index is 11.6. The maximum absolute atomic E-state index is 11.6. The van der Waals surface area contributed by atoms with Crippen LogP contribution in [0.15, 0.2) is 0 Å². The Morgan fingerprint density at radius 2 is 2.29 bits per heavy atom. The maximum Gasteiger partial charge on any atom is 0.210 e. The zero-order valence-corrected chi connectivity index (χ0v) is 4.36. The normalized spacial score (nSPS) is 13.6. The molecular weight excluding hydrogens is 97.0 g/mol. The average molecular weight is 105 g/mol. The third-order valence-corrected chi connectivity index (χ3v) is 0.710. The summed E-state index contributed by atoms with van der Waals surface area (Å²) in [6, 6.07) is 0. The number of rotatable bonds is 2. The van der Waals surface area contributed by atoms with Crippen LogP contribution in [-0.2, 0) is 4.74 Å². The molecule has 7 heavy (non-hydrogen) atoms. The Labute approximate surface area is 41.8 Å². The Balaban J connectivity index is 3.34. The first-order valence-electron chi connectivity index (χ1n) is 1.95. The summed E-state index contributed by atoms with van der Waals surface area (Å²) in [5.74, 6) is -0.928. The molecule has 0 aromatic carbocycles. The van der Waals surface area contributed by atoms with Crippen LogP contribution < -0.4 is 0 Å². The lowest BCUT2D eigenvalue weighted by Crippen LogP contribution is -2.12. The van der Waals surface area contributed by atoms with E-state index >= 15 is 0 Å². The van der Waals surface area contributed by atoms with Gasteiger partial charge in [-0.05, 0) is 6.92 Å². The summed E-state index contributed by atoms with van der Waals surface area (Å²) in [4.78, 5) is 0. The fraction of sp³-hybridized carbons (Fsp3) is 0.750. The minimum atomic E-state index is -0.928. The van der Waals surface area contributed by atoms with Crippen molar-refractivity contribution in [3.8, 4) is 0 Å². The summed E-state index contributed by atoms with van der Waals surface area (Å²) in [5.41, 5.74) is 0.